The number of rotatable bonds is 7. The van der Waals surface area contributed by atoms with Gasteiger partial charge in [-0.15, -0.1) is 12.3 Å². The van der Waals surface area contributed by atoms with Gasteiger partial charge < -0.3 is 58.8 Å². The Hall–Kier alpha value is -6.75. The Bertz CT molecular complexity index is 3140. The fourth-order valence-corrected chi connectivity index (χ4v) is 16.3. The molecule has 0 unspecified atom stereocenters. The van der Waals surface area contributed by atoms with E-state index < -0.39 is 10.0 Å². The zero-order valence-corrected chi connectivity index (χ0v) is 85.0. The van der Waals surface area contributed by atoms with Gasteiger partial charge in [0.15, 0.2) is 0 Å². The zero-order valence-electron chi connectivity index (χ0n) is 84.2. The molecule has 9 saturated heterocycles. The molecule has 24 heteroatoms. The molecule has 13 aliphatic rings. The maximum atomic E-state index is 11.5. The third-order valence-electron chi connectivity index (χ3n) is 23.2. The highest BCUT2D eigenvalue weighted by Crippen LogP contribution is 2.34. The summed E-state index contributed by atoms with van der Waals surface area (Å²) in [6.07, 6.45) is 76.3. The van der Waals surface area contributed by atoms with Crippen LogP contribution >= 0.6 is 0 Å². The molecule has 10 aliphatic heterocycles. The molecule has 13 heterocycles. The van der Waals surface area contributed by atoms with E-state index in [1.54, 1.807) is 66.0 Å². The molecule has 3 aromatic heterocycles. The third kappa shape index (κ3) is 76.4. The Labute approximate surface area is 788 Å². The molecule has 23 nitrogen and oxygen atoms in total. The minimum Gasteiger partial charge on any atom is -0.481 e. The van der Waals surface area contributed by atoms with E-state index in [2.05, 4.69) is 68.4 Å². The number of carbonyl (C=O) groups excluding carboxylic acids is 4. The van der Waals surface area contributed by atoms with Crippen LogP contribution in [0.3, 0.4) is 0 Å². The highest BCUT2D eigenvalue weighted by molar-refractivity contribution is 7.88. The number of pyridine rings is 3. The lowest BCUT2D eigenvalue weighted by Crippen LogP contribution is -2.39. The van der Waals surface area contributed by atoms with Crippen LogP contribution in [0.2, 0.25) is 0 Å². The van der Waals surface area contributed by atoms with Gasteiger partial charge in [0.1, 0.15) is 5.60 Å². The number of terminal acetylenes is 1. The summed E-state index contributed by atoms with van der Waals surface area (Å²) in [6, 6.07) is 16.9. The predicted octanol–water partition coefficient (Wildman–Crippen LogP) is 23.3. The minimum atomic E-state index is -2.89. The SMILES string of the molecule is C#CCCCC(=O)N1CCCCC1.C1CCCC1.C1CCCCC1.C1CCNC1.C1CCNCC1.C1CCOCC1.CC(=O)N1CCCCC1.CC(C)(C)OC(=O)N1CCCCC1.CC1(C)CCCCC1.CC1=CCCC=N1.CCOC(=O)N1CCCCC1.CN1CCCCC1.COc1ccccn1.COc1ccccn1.CS(=O)(=O)N1CCCCC1.Cc1ccccn1. The number of nitrogens with zero attached hydrogens (tertiary/aromatic N) is 10. The molecule has 16 rings (SSSR count). The van der Waals surface area contributed by atoms with Gasteiger partial charge in [0.25, 0.3) is 0 Å². The number of sulfonamides is 1. The number of aliphatic imine (C=N–C) groups is 1. The normalized spacial score (nSPS) is 19.1. The second-order valence-corrected chi connectivity index (χ2v) is 38.9. The molecular weight excluding hydrogens is 1640 g/mol. The van der Waals surface area contributed by atoms with E-state index in [1.807, 2.05) is 100 Å². The highest BCUT2D eigenvalue weighted by atomic mass is 32.2. The Morgan fingerprint density at radius 2 is 0.860 bits per heavy atom. The second kappa shape index (κ2) is 83.1. The second-order valence-electron chi connectivity index (χ2n) is 36.9. The van der Waals surface area contributed by atoms with Crippen molar-refractivity contribution in [1.29, 1.82) is 0 Å². The van der Waals surface area contributed by atoms with Crippen molar-refractivity contribution in [2.45, 2.75) is 370 Å². The van der Waals surface area contributed by atoms with Crippen LogP contribution in [-0.4, -0.2) is 240 Å². The van der Waals surface area contributed by atoms with Crippen LogP contribution < -0.4 is 20.1 Å². The van der Waals surface area contributed by atoms with Crippen molar-refractivity contribution in [2.75, 3.05) is 152 Å². The van der Waals surface area contributed by atoms with Crippen molar-refractivity contribution in [2.24, 2.45) is 10.4 Å². The zero-order chi connectivity index (χ0) is 94.6. The fourth-order valence-electron chi connectivity index (χ4n) is 15.4. The Morgan fingerprint density at radius 1 is 0.488 bits per heavy atom. The van der Waals surface area contributed by atoms with Gasteiger partial charge in [0.2, 0.25) is 33.6 Å². The van der Waals surface area contributed by atoms with E-state index in [4.69, 9.17) is 30.1 Å². The largest absolute Gasteiger partial charge is 0.481 e. The smallest absolute Gasteiger partial charge is 0.410 e. The molecule has 2 N–H and O–H groups in total. The summed E-state index contributed by atoms with van der Waals surface area (Å²) in [6.45, 7) is 36.8. The number of carbonyl (C=O) groups is 4. The van der Waals surface area contributed by atoms with Crippen LogP contribution in [-0.2, 0) is 33.8 Å². The Morgan fingerprint density at radius 3 is 1.10 bits per heavy atom. The number of likely N-dealkylation sites (tertiary alicyclic amines) is 5. The monoisotopic (exact) mass is 1830 g/mol. The van der Waals surface area contributed by atoms with Crippen molar-refractivity contribution in [3.05, 3.63) is 90.7 Å². The average Bonchev–Trinajstić information content (AvgIpc) is 1.07. The van der Waals surface area contributed by atoms with Gasteiger partial charge in [-0.05, 0) is 297 Å². The third-order valence-corrected chi connectivity index (χ3v) is 24.5. The number of amides is 4. The minimum absolute atomic E-state index is 0.146. The lowest BCUT2D eigenvalue weighted by molar-refractivity contribution is -0.132. The summed E-state index contributed by atoms with van der Waals surface area (Å²) in [4.78, 5) is 70.5. The fraction of sp³-hybridized carbons (Fsp3) is 0.771. The number of piperidine rings is 7. The maximum absolute atomic E-state index is 11.5. The standard InChI is InChI=1S/C11H17NO.C10H19NO2.C8H15NO2.C8H16.C7H13NO.C6H13NO2S.2C6H7NO.C6H13N.C6H9N.C6H7N.C6H12.C5H11N.C5H10O.C5H10.C4H9N/c1-2-3-5-8-11(13)12-9-6-4-7-10-12;1-10(2,3)13-9(12)11-7-5-4-6-8-11;1-2-11-8(10)9-6-4-3-5-7-9;1-8(2)6-4-3-5-7-8;1-7(9)8-5-3-2-4-6-8;1-10(8,9)7-5-3-2-4-6-7;2*1-8-6-4-2-3-5-7-6;1-7-5-3-2-4-6-7;2*1-6-4-2-3-5-7-6;3*1-2-4-6-5-3-1;2*1-2-4-5-3-1/h1H,3-10H2;4-8H2,1-3H3;2-7H2,1H3;3-7H2,1-2H3;2-6H2,1H3;2-6H2,1H3;2*2-5H,1H3;2-6H2,1H3;4-5H,2-3H2,1H3;2-5H,1H3;1-6H2;6H,1-5H2;1-5H2;1-5H2;5H,1-4H2. The molecule has 0 bridgehead atoms. The number of unbranched alkanes of at least 4 members (excludes halogenated alkanes) is 1. The van der Waals surface area contributed by atoms with Gasteiger partial charge in [0.05, 0.1) is 27.1 Å². The van der Waals surface area contributed by atoms with Crippen molar-refractivity contribution >= 4 is 40.2 Å². The summed E-state index contributed by atoms with van der Waals surface area (Å²) < 4.78 is 48.2. The summed E-state index contributed by atoms with van der Waals surface area (Å²) in [5.74, 6) is 4.39. The number of aryl methyl sites for hydroxylation is 1. The van der Waals surface area contributed by atoms with Crippen LogP contribution in [0.5, 0.6) is 11.8 Å². The first-order chi connectivity index (χ1) is 62.3. The molecule has 4 amide bonds. The molecule has 0 aromatic carbocycles. The van der Waals surface area contributed by atoms with E-state index in [9.17, 15) is 27.6 Å². The van der Waals surface area contributed by atoms with Crippen molar-refractivity contribution in [3.8, 4) is 24.1 Å². The molecule has 740 valence electrons. The quantitative estimate of drug-likeness (QED) is 0.165. The van der Waals surface area contributed by atoms with Gasteiger partial charge in [0, 0.05) is 147 Å². The van der Waals surface area contributed by atoms with Gasteiger partial charge in [-0.2, -0.15) is 0 Å². The number of hydrogen-bond donors (Lipinski definition) is 2. The van der Waals surface area contributed by atoms with Gasteiger partial charge in [-0.3, -0.25) is 19.6 Å². The number of hydrogen-bond acceptors (Lipinski definition) is 18. The molecule has 12 fully saturated rings. The summed E-state index contributed by atoms with van der Waals surface area (Å²) in [5.41, 5.74) is 2.54. The molecule has 0 atom stereocenters. The predicted molar refractivity (Wildman–Crippen MR) is 538 cm³/mol. The number of allylic oxidation sites excluding steroid dienone is 2. The number of methoxy groups -OCH3 is 2. The van der Waals surface area contributed by atoms with Gasteiger partial charge in [-0.1, -0.05) is 147 Å². The van der Waals surface area contributed by atoms with E-state index in [0.717, 1.165) is 148 Å². The molecule has 0 radical (unpaired) electrons. The van der Waals surface area contributed by atoms with Crippen LogP contribution in [0.1, 0.15) is 363 Å². The topological polar surface area (TPSA) is 243 Å². The van der Waals surface area contributed by atoms with Crippen LogP contribution in [0, 0.1) is 24.7 Å². The number of aromatic nitrogens is 3. The lowest BCUT2D eigenvalue weighted by atomic mass is 9.78. The highest BCUT2D eigenvalue weighted by Gasteiger charge is 2.25. The van der Waals surface area contributed by atoms with Crippen LogP contribution in [0.15, 0.2) is 90.0 Å². The van der Waals surface area contributed by atoms with E-state index in [0.29, 0.717) is 30.2 Å². The van der Waals surface area contributed by atoms with Crippen LogP contribution in [0.4, 0.5) is 9.59 Å². The van der Waals surface area contributed by atoms with E-state index in [1.165, 1.54) is 283 Å². The summed E-state index contributed by atoms with van der Waals surface area (Å²) >= 11 is 0. The Kier molecular flexibility index (Phi) is 77.5. The van der Waals surface area contributed by atoms with Crippen molar-refractivity contribution in [1.82, 2.24) is 54.4 Å². The van der Waals surface area contributed by atoms with Crippen molar-refractivity contribution in [3.63, 3.8) is 0 Å². The first-order valence-corrected chi connectivity index (χ1v) is 52.7. The van der Waals surface area contributed by atoms with E-state index >= 15 is 0 Å². The molecule has 3 aliphatic carbocycles. The summed E-state index contributed by atoms with van der Waals surface area (Å²) in [7, 11) is 2.50. The molecule has 0 spiro atoms. The number of nitrogens with one attached hydrogen (secondary N) is 2. The van der Waals surface area contributed by atoms with Gasteiger partial charge in [-0.25, -0.2) is 32.3 Å². The number of ether oxygens (including phenoxy) is 5. The molecular formula is C105H188N12O11S. The molecule has 3 aromatic rings. The maximum Gasteiger partial charge on any atom is 0.410 e. The lowest BCUT2D eigenvalue weighted by Gasteiger charge is -2.29. The molecule has 129 heavy (non-hydrogen) atoms. The van der Waals surface area contributed by atoms with E-state index in [-0.39, 0.29) is 29.6 Å². The average molecular weight is 1830 g/mol. The first-order valence-electron chi connectivity index (χ1n) is 50.8. The molecule has 3 saturated carbocycles. The van der Waals surface area contributed by atoms with Crippen molar-refractivity contribution < 1.29 is 51.3 Å². The summed E-state index contributed by atoms with van der Waals surface area (Å²) in [5, 5.41) is 6.51. The first kappa shape index (κ1) is 120. The Balaban J connectivity index is 0.000000693. The van der Waals surface area contributed by atoms with Gasteiger partial charge >= 0.3 is 12.2 Å². The van der Waals surface area contributed by atoms with Crippen LogP contribution in [0.25, 0.3) is 0 Å².